The van der Waals surface area contributed by atoms with E-state index in [0.29, 0.717) is 24.5 Å². The molecule has 1 fully saturated rings. The van der Waals surface area contributed by atoms with Crippen molar-refractivity contribution in [2.75, 3.05) is 31.1 Å². The fraction of sp³-hybridized carbons (Fsp3) is 0.333. The first kappa shape index (κ1) is 19.6. The van der Waals surface area contributed by atoms with Crippen molar-refractivity contribution in [3.05, 3.63) is 63.4 Å². The van der Waals surface area contributed by atoms with E-state index in [1.165, 1.54) is 5.56 Å². The summed E-state index contributed by atoms with van der Waals surface area (Å²) in [6.07, 6.45) is 0. The maximum Gasteiger partial charge on any atom is 0.255 e. The normalized spacial score (nSPS) is 14.3. The van der Waals surface area contributed by atoms with Crippen LogP contribution in [0.25, 0.3) is 5.82 Å². The Hall–Kier alpha value is -2.74. The minimum Gasteiger partial charge on any atom is -0.352 e. The average Bonchev–Trinajstić information content (AvgIpc) is 3.01. The quantitative estimate of drug-likeness (QED) is 0.607. The zero-order valence-corrected chi connectivity index (χ0v) is 18.3. The molecule has 1 saturated heterocycles. The molecule has 3 heterocycles. The van der Waals surface area contributed by atoms with Gasteiger partial charge in [-0.15, -0.1) is 10.2 Å². The molecule has 0 unspecified atom stereocenters. The molecule has 29 heavy (non-hydrogen) atoms. The number of nitrogens with zero attached hydrogens (tertiary/aromatic N) is 6. The van der Waals surface area contributed by atoms with Crippen molar-refractivity contribution in [1.29, 1.82) is 0 Å². The lowest BCUT2D eigenvalue weighted by Gasteiger charge is -2.35. The topological polar surface area (TPSA) is 67.2 Å². The molecule has 150 valence electrons. The molecular weight excluding hydrogens is 432 g/mol. The van der Waals surface area contributed by atoms with E-state index in [9.17, 15) is 4.79 Å². The van der Waals surface area contributed by atoms with Gasteiger partial charge in [-0.1, -0.05) is 12.1 Å². The van der Waals surface area contributed by atoms with Crippen molar-refractivity contribution in [2.45, 2.75) is 20.8 Å². The van der Waals surface area contributed by atoms with Crippen LogP contribution in [0.4, 0.5) is 5.82 Å². The number of rotatable bonds is 3. The maximum absolute atomic E-state index is 12.8. The highest BCUT2D eigenvalue weighted by Gasteiger charge is 2.24. The Bertz CT molecular complexity index is 1040. The number of hydrogen-bond acceptors (Lipinski definition) is 5. The fourth-order valence-electron chi connectivity index (χ4n) is 3.49. The molecule has 2 aromatic heterocycles. The van der Waals surface area contributed by atoms with Gasteiger partial charge in [0.15, 0.2) is 11.6 Å². The van der Waals surface area contributed by atoms with Gasteiger partial charge in [0.2, 0.25) is 0 Å². The second-order valence-corrected chi connectivity index (χ2v) is 8.07. The molecule has 0 saturated carbocycles. The van der Waals surface area contributed by atoms with E-state index in [4.69, 9.17) is 0 Å². The van der Waals surface area contributed by atoms with Gasteiger partial charge < -0.3 is 9.80 Å². The first-order valence-corrected chi connectivity index (χ1v) is 10.4. The molecule has 0 N–H and O–H groups in total. The standard InChI is InChI=1S/C21H23BrN6O/c1-14-15(2)25-28(16(14)3)20-9-8-19(23-24-20)26-10-12-27(13-11-26)21(29)17-6-4-5-7-18(17)22/h4-9H,10-13H2,1-3H3. The van der Waals surface area contributed by atoms with Gasteiger partial charge in [0.05, 0.1) is 11.3 Å². The Morgan fingerprint density at radius 3 is 2.17 bits per heavy atom. The summed E-state index contributed by atoms with van der Waals surface area (Å²) in [6.45, 7) is 8.85. The van der Waals surface area contributed by atoms with Crippen molar-refractivity contribution in [3.8, 4) is 5.82 Å². The number of aromatic nitrogens is 4. The lowest BCUT2D eigenvalue weighted by atomic mass is 10.2. The van der Waals surface area contributed by atoms with Crippen LogP contribution in [0.15, 0.2) is 40.9 Å². The van der Waals surface area contributed by atoms with Gasteiger partial charge in [-0.25, -0.2) is 4.68 Å². The number of carbonyl (C=O) groups excluding carboxylic acids is 1. The zero-order chi connectivity index (χ0) is 20.5. The second kappa shape index (κ2) is 7.94. The Kier molecular flexibility index (Phi) is 5.36. The number of carbonyl (C=O) groups is 1. The Balaban J connectivity index is 1.43. The second-order valence-electron chi connectivity index (χ2n) is 7.22. The molecule has 0 aliphatic carbocycles. The van der Waals surface area contributed by atoms with Crippen LogP contribution in [0.2, 0.25) is 0 Å². The molecule has 8 heteroatoms. The summed E-state index contributed by atoms with van der Waals surface area (Å²) < 4.78 is 2.66. The number of benzene rings is 1. The van der Waals surface area contributed by atoms with Crippen molar-refractivity contribution < 1.29 is 4.79 Å². The van der Waals surface area contributed by atoms with Crippen LogP contribution in [0, 0.1) is 20.8 Å². The molecule has 1 aliphatic rings. The fourth-order valence-corrected chi connectivity index (χ4v) is 3.94. The van der Waals surface area contributed by atoms with Crippen LogP contribution in [0.5, 0.6) is 0 Å². The molecule has 0 bridgehead atoms. The van der Waals surface area contributed by atoms with Crippen molar-refractivity contribution in [2.24, 2.45) is 0 Å². The highest BCUT2D eigenvalue weighted by molar-refractivity contribution is 9.10. The largest absolute Gasteiger partial charge is 0.352 e. The van der Waals surface area contributed by atoms with Crippen molar-refractivity contribution in [1.82, 2.24) is 24.9 Å². The molecule has 0 spiro atoms. The SMILES string of the molecule is Cc1nn(-c2ccc(N3CCN(C(=O)c4ccccc4Br)CC3)nn2)c(C)c1C. The van der Waals surface area contributed by atoms with Gasteiger partial charge in [0, 0.05) is 36.3 Å². The molecule has 1 aromatic carbocycles. The number of piperazine rings is 1. The minimum absolute atomic E-state index is 0.0541. The Morgan fingerprint density at radius 2 is 1.59 bits per heavy atom. The molecule has 1 amide bonds. The third-order valence-corrected chi connectivity index (χ3v) is 6.19. The molecule has 4 rings (SSSR count). The molecule has 1 aliphatic heterocycles. The summed E-state index contributed by atoms with van der Waals surface area (Å²) in [5.41, 5.74) is 3.94. The van der Waals surface area contributed by atoms with Crippen LogP contribution in [-0.2, 0) is 0 Å². The van der Waals surface area contributed by atoms with E-state index in [-0.39, 0.29) is 5.91 Å². The first-order chi connectivity index (χ1) is 14.0. The molecule has 7 nitrogen and oxygen atoms in total. The highest BCUT2D eigenvalue weighted by Crippen LogP contribution is 2.21. The van der Waals surface area contributed by atoms with Gasteiger partial charge in [-0.3, -0.25) is 4.79 Å². The smallest absolute Gasteiger partial charge is 0.255 e. The predicted octanol–water partition coefficient (Wildman–Crippen LogP) is 3.31. The van der Waals surface area contributed by atoms with Crippen molar-refractivity contribution >= 4 is 27.7 Å². The molecule has 0 atom stereocenters. The number of aryl methyl sites for hydroxylation is 1. The van der Waals surface area contributed by atoms with E-state index < -0.39 is 0 Å². The third-order valence-electron chi connectivity index (χ3n) is 5.50. The first-order valence-electron chi connectivity index (χ1n) is 9.61. The maximum atomic E-state index is 12.8. The summed E-state index contributed by atoms with van der Waals surface area (Å²) in [5, 5.41) is 13.3. The summed E-state index contributed by atoms with van der Waals surface area (Å²) in [5.74, 6) is 1.59. The van der Waals surface area contributed by atoms with Gasteiger partial charge in [0.25, 0.3) is 5.91 Å². The van der Waals surface area contributed by atoms with Gasteiger partial charge in [0.1, 0.15) is 0 Å². The zero-order valence-electron chi connectivity index (χ0n) is 16.8. The number of halogens is 1. The van der Waals surface area contributed by atoms with E-state index in [2.05, 4.69) is 43.0 Å². The predicted molar refractivity (Wildman–Crippen MR) is 116 cm³/mol. The van der Waals surface area contributed by atoms with Crippen LogP contribution in [0.3, 0.4) is 0 Å². The molecule has 3 aromatic rings. The number of amides is 1. The summed E-state index contributed by atoms with van der Waals surface area (Å²) in [7, 11) is 0. The Labute approximate surface area is 178 Å². The highest BCUT2D eigenvalue weighted by atomic mass is 79.9. The minimum atomic E-state index is 0.0541. The van der Waals surface area contributed by atoms with Gasteiger partial charge >= 0.3 is 0 Å². The summed E-state index contributed by atoms with van der Waals surface area (Å²) >= 11 is 3.47. The lowest BCUT2D eigenvalue weighted by Crippen LogP contribution is -2.49. The van der Waals surface area contributed by atoms with E-state index in [0.717, 1.165) is 34.8 Å². The van der Waals surface area contributed by atoms with Crippen LogP contribution in [-0.4, -0.2) is 57.0 Å². The molecular formula is C21H23BrN6O. The lowest BCUT2D eigenvalue weighted by molar-refractivity contribution is 0.0745. The van der Waals surface area contributed by atoms with Gasteiger partial charge in [-0.2, -0.15) is 5.10 Å². The number of hydrogen-bond donors (Lipinski definition) is 0. The summed E-state index contributed by atoms with van der Waals surface area (Å²) in [6, 6.07) is 11.5. The third kappa shape index (κ3) is 3.76. The van der Waals surface area contributed by atoms with E-state index in [1.807, 2.05) is 59.8 Å². The van der Waals surface area contributed by atoms with Gasteiger partial charge in [-0.05, 0) is 66.5 Å². The average molecular weight is 455 g/mol. The summed E-state index contributed by atoms with van der Waals surface area (Å²) in [4.78, 5) is 16.8. The van der Waals surface area contributed by atoms with Crippen LogP contribution in [0.1, 0.15) is 27.3 Å². The van der Waals surface area contributed by atoms with Crippen molar-refractivity contribution in [3.63, 3.8) is 0 Å². The number of anilines is 1. The van der Waals surface area contributed by atoms with E-state index >= 15 is 0 Å². The van der Waals surface area contributed by atoms with Crippen LogP contribution < -0.4 is 4.90 Å². The van der Waals surface area contributed by atoms with Crippen LogP contribution >= 0.6 is 15.9 Å². The molecule has 0 radical (unpaired) electrons. The Morgan fingerprint density at radius 1 is 0.931 bits per heavy atom. The monoisotopic (exact) mass is 454 g/mol. The van der Waals surface area contributed by atoms with E-state index in [1.54, 1.807) is 0 Å².